The second-order valence-corrected chi connectivity index (χ2v) is 6.37. The van der Waals surface area contributed by atoms with Crippen molar-refractivity contribution in [3.63, 3.8) is 0 Å². The first-order chi connectivity index (χ1) is 12.4. The molecule has 136 valence electrons. The van der Waals surface area contributed by atoms with E-state index < -0.39 is 11.6 Å². The molecule has 1 aromatic heterocycles. The van der Waals surface area contributed by atoms with Crippen molar-refractivity contribution >= 4 is 23.0 Å². The molecule has 0 spiro atoms. The Kier molecular flexibility index (Phi) is 6.18. The van der Waals surface area contributed by atoms with Gasteiger partial charge in [0.15, 0.2) is 6.10 Å². The van der Waals surface area contributed by atoms with Crippen LogP contribution in [0.1, 0.15) is 32.8 Å². The highest BCUT2D eigenvalue weighted by atomic mass is 16.6. The summed E-state index contributed by atoms with van der Waals surface area (Å²) in [6.07, 6.45) is 8.48. The molecule has 0 bridgehead atoms. The van der Waals surface area contributed by atoms with Gasteiger partial charge in [-0.25, -0.2) is 0 Å². The van der Waals surface area contributed by atoms with Crippen LogP contribution in [-0.4, -0.2) is 35.9 Å². The van der Waals surface area contributed by atoms with Crippen molar-refractivity contribution in [3.05, 3.63) is 36.0 Å². The second kappa shape index (κ2) is 8.34. The number of benzene rings is 1. The van der Waals surface area contributed by atoms with E-state index in [9.17, 15) is 4.79 Å². The van der Waals surface area contributed by atoms with E-state index >= 15 is 0 Å². The van der Waals surface area contributed by atoms with E-state index in [4.69, 9.17) is 11.2 Å². The van der Waals surface area contributed by atoms with Gasteiger partial charge < -0.3 is 14.9 Å². The Morgan fingerprint density at radius 2 is 2.23 bits per heavy atom. The number of hydrogen-bond donors (Lipinski definition) is 1. The van der Waals surface area contributed by atoms with E-state index in [1.807, 2.05) is 39.0 Å². The Hall–Kier alpha value is -3.07. The average Bonchev–Trinajstić information content (AvgIpc) is 2.63. The third kappa shape index (κ3) is 4.96. The summed E-state index contributed by atoms with van der Waals surface area (Å²) in [5.74, 6) is 2.92. The van der Waals surface area contributed by atoms with Gasteiger partial charge in [0.05, 0.1) is 17.3 Å². The lowest BCUT2D eigenvalue weighted by Gasteiger charge is -2.25. The lowest BCUT2D eigenvalue weighted by molar-refractivity contribution is -0.129. The zero-order chi connectivity index (χ0) is 19.2. The van der Waals surface area contributed by atoms with E-state index in [-0.39, 0.29) is 5.91 Å². The van der Waals surface area contributed by atoms with Crippen LogP contribution in [0.2, 0.25) is 0 Å². The SMILES string of the molecule is C#Cc1cnc2ccc(OC(CC)C(=O)NC(C)(C)/C=N/OC)cc2c1. The van der Waals surface area contributed by atoms with E-state index in [0.29, 0.717) is 17.7 Å². The maximum Gasteiger partial charge on any atom is 0.261 e. The molecular weight excluding hydrogens is 330 g/mol. The zero-order valence-corrected chi connectivity index (χ0v) is 15.4. The molecule has 1 heterocycles. The largest absolute Gasteiger partial charge is 0.481 e. The normalized spacial score (nSPS) is 12.6. The molecule has 1 unspecified atom stereocenters. The van der Waals surface area contributed by atoms with E-state index in [0.717, 1.165) is 10.9 Å². The van der Waals surface area contributed by atoms with Gasteiger partial charge in [-0.2, -0.15) is 0 Å². The van der Waals surface area contributed by atoms with Crippen molar-refractivity contribution in [2.75, 3.05) is 7.11 Å². The van der Waals surface area contributed by atoms with Crippen molar-refractivity contribution in [2.45, 2.75) is 38.8 Å². The first kappa shape index (κ1) is 19.3. The molecule has 0 saturated carbocycles. The summed E-state index contributed by atoms with van der Waals surface area (Å²) in [7, 11) is 1.45. The molecule has 2 aromatic rings. The van der Waals surface area contributed by atoms with E-state index in [2.05, 4.69) is 26.2 Å². The monoisotopic (exact) mass is 353 g/mol. The number of ether oxygens (including phenoxy) is 1. The quantitative estimate of drug-likeness (QED) is 0.472. The Morgan fingerprint density at radius 3 is 2.88 bits per heavy atom. The number of carbonyl (C=O) groups is 1. The maximum absolute atomic E-state index is 12.5. The first-order valence-electron chi connectivity index (χ1n) is 8.31. The van der Waals surface area contributed by atoms with Crippen LogP contribution in [0.4, 0.5) is 0 Å². The third-order valence-electron chi connectivity index (χ3n) is 3.69. The molecule has 0 radical (unpaired) electrons. The minimum absolute atomic E-state index is 0.226. The minimum atomic E-state index is -0.654. The standard InChI is InChI=1S/C20H23N3O3/c1-6-14-10-15-11-16(8-9-17(15)21-12-14)26-18(7-2)19(24)23-20(3,4)13-22-25-5/h1,8-13,18H,7H2,2-5H3,(H,23,24)/b22-13+. The van der Waals surface area contributed by atoms with Crippen molar-refractivity contribution in [2.24, 2.45) is 5.16 Å². The highest BCUT2D eigenvalue weighted by Gasteiger charge is 2.25. The molecular formula is C20H23N3O3. The Morgan fingerprint density at radius 1 is 1.46 bits per heavy atom. The molecule has 1 aromatic carbocycles. The van der Waals surface area contributed by atoms with Gasteiger partial charge >= 0.3 is 0 Å². The molecule has 0 aliphatic rings. The summed E-state index contributed by atoms with van der Waals surface area (Å²) in [4.78, 5) is 21.5. The molecule has 1 N–H and O–H groups in total. The molecule has 6 heteroatoms. The van der Waals surface area contributed by atoms with Crippen LogP contribution in [0.3, 0.4) is 0 Å². The molecule has 6 nitrogen and oxygen atoms in total. The van der Waals surface area contributed by atoms with Gasteiger partial charge in [0.1, 0.15) is 12.9 Å². The molecule has 0 saturated heterocycles. The van der Waals surface area contributed by atoms with Crippen molar-refractivity contribution in [1.29, 1.82) is 0 Å². The Labute approximate surface area is 153 Å². The predicted molar refractivity (Wildman–Crippen MR) is 102 cm³/mol. The summed E-state index contributed by atoms with van der Waals surface area (Å²) in [5.41, 5.74) is 0.850. The molecule has 26 heavy (non-hydrogen) atoms. The summed E-state index contributed by atoms with van der Waals surface area (Å²) < 4.78 is 5.89. The molecule has 0 aliphatic heterocycles. The van der Waals surface area contributed by atoms with Gasteiger partial charge in [-0.3, -0.25) is 9.78 Å². The number of fused-ring (bicyclic) bond motifs is 1. The number of hydrogen-bond acceptors (Lipinski definition) is 5. The number of pyridine rings is 1. The number of rotatable bonds is 7. The fourth-order valence-electron chi connectivity index (χ4n) is 2.36. The fourth-order valence-corrected chi connectivity index (χ4v) is 2.36. The highest BCUT2D eigenvalue weighted by Crippen LogP contribution is 2.22. The van der Waals surface area contributed by atoms with Gasteiger partial charge in [0.25, 0.3) is 5.91 Å². The Bertz CT molecular complexity index is 853. The van der Waals surface area contributed by atoms with Crippen molar-refractivity contribution in [3.8, 4) is 18.1 Å². The van der Waals surface area contributed by atoms with Crippen LogP contribution in [-0.2, 0) is 9.63 Å². The van der Waals surface area contributed by atoms with Crippen LogP contribution >= 0.6 is 0 Å². The van der Waals surface area contributed by atoms with Gasteiger partial charge in [-0.05, 0) is 44.5 Å². The number of nitrogens with zero attached hydrogens (tertiary/aromatic N) is 2. The summed E-state index contributed by atoms with van der Waals surface area (Å²) in [6.45, 7) is 5.53. The minimum Gasteiger partial charge on any atom is -0.481 e. The van der Waals surface area contributed by atoms with Gasteiger partial charge in [-0.1, -0.05) is 18.0 Å². The number of aromatic nitrogens is 1. The summed E-state index contributed by atoms with van der Waals surface area (Å²) in [6, 6.07) is 7.32. The van der Waals surface area contributed by atoms with Crippen LogP contribution in [0, 0.1) is 12.3 Å². The van der Waals surface area contributed by atoms with Gasteiger partial charge in [-0.15, -0.1) is 6.42 Å². The molecule has 1 amide bonds. The summed E-state index contributed by atoms with van der Waals surface area (Å²) in [5, 5.41) is 7.46. The number of amides is 1. The topological polar surface area (TPSA) is 72.8 Å². The number of terminal acetylenes is 1. The van der Waals surface area contributed by atoms with Gasteiger partial charge in [0, 0.05) is 17.1 Å². The molecule has 0 aliphatic carbocycles. The average molecular weight is 353 g/mol. The third-order valence-corrected chi connectivity index (χ3v) is 3.69. The number of carbonyl (C=O) groups excluding carboxylic acids is 1. The zero-order valence-electron chi connectivity index (χ0n) is 15.4. The highest BCUT2D eigenvalue weighted by molar-refractivity contribution is 5.86. The maximum atomic E-state index is 12.5. The van der Waals surface area contributed by atoms with Crippen LogP contribution in [0.15, 0.2) is 35.6 Å². The molecule has 1 atom stereocenters. The van der Waals surface area contributed by atoms with E-state index in [1.54, 1.807) is 12.3 Å². The fraction of sp³-hybridized carbons (Fsp3) is 0.350. The van der Waals surface area contributed by atoms with Crippen LogP contribution in [0.5, 0.6) is 5.75 Å². The molecule has 2 rings (SSSR count). The van der Waals surface area contributed by atoms with E-state index in [1.165, 1.54) is 13.3 Å². The summed E-state index contributed by atoms with van der Waals surface area (Å²) >= 11 is 0. The van der Waals surface area contributed by atoms with Crippen LogP contribution < -0.4 is 10.1 Å². The Balaban J connectivity index is 2.16. The van der Waals surface area contributed by atoms with Crippen LogP contribution in [0.25, 0.3) is 10.9 Å². The second-order valence-electron chi connectivity index (χ2n) is 6.37. The first-order valence-corrected chi connectivity index (χ1v) is 8.31. The number of nitrogens with one attached hydrogen (secondary N) is 1. The lowest BCUT2D eigenvalue weighted by atomic mass is 10.1. The van der Waals surface area contributed by atoms with Crippen molar-refractivity contribution in [1.82, 2.24) is 10.3 Å². The lowest BCUT2D eigenvalue weighted by Crippen LogP contribution is -2.50. The molecule has 0 fully saturated rings. The van der Waals surface area contributed by atoms with Crippen molar-refractivity contribution < 1.29 is 14.4 Å². The smallest absolute Gasteiger partial charge is 0.261 e. The van der Waals surface area contributed by atoms with Gasteiger partial charge in [0.2, 0.25) is 0 Å². The predicted octanol–water partition coefficient (Wildman–Crippen LogP) is 2.90. The number of oxime groups is 1.